The first-order valence-corrected chi connectivity index (χ1v) is 6.93. The van der Waals surface area contributed by atoms with Gasteiger partial charge in [0.15, 0.2) is 0 Å². The number of fused-ring (bicyclic) bond motifs is 1. The monoisotopic (exact) mass is 257 g/mol. The molecule has 0 aliphatic carbocycles. The maximum Gasteiger partial charge on any atom is 0.222 e. The summed E-state index contributed by atoms with van der Waals surface area (Å²) in [6.45, 7) is 8.40. The number of benzene rings is 2. The van der Waals surface area contributed by atoms with Crippen LogP contribution in [0.25, 0.3) is 10.8 Å². The van der Waals surface area contributed by atoms with E-state index in [0.29, 0.717) is 6.54 Å². The largest absolute Gasteiger partial charge is 0.352 e. The molecule has 2 heteroatoms. The van der Waals surface area contributed by atoms with Gasteiger partial charge in [0.1, 0.15) is 0 Å². The van der Waals surface area contributed by atoms with E-state index in [4.69, 9.17) is 0 Å². The highest BCUT2D eigenvalue weighted by Gasteiger charge is 2.07. The molecule has 2 rings (SSSR count). The molecule has 1 amide bonds. The van der Waals surface area contributed by atoms with Crippen LogP contribution in [0.1, 0.15) is 33.3 Å². The first-order chi connectivity index (χ1) is 9.18. The molecule has 0 aliphatic heterocycles. The minimum Gasteiger partial charge on any atom is -0.352 e. The Morgan fingerprint density at radius 2 is 1.68 bits per heavy atom. The zero-order valence-corrected chi connectivity index (χ0v) is 12.2. The van der Waals surface area contributed by atoms with Crippen molar-refractivity contribution < 1.29 is 4.79 Å². The van der Waals surface area contributed by atoms with Gasteiger partial charge in [0.05, 0.1) is 0 Å². The van der Waals surface area contributed by atoms with E-state index in [-0.39, 0.29) is 11.8 Å². The lowest BCUT2D eigenvalue weighted by atomic mass is 10.0. The van der Waals surface area contributed by atoms with Crippen LogP contribution >= 0.6 is 0 Å². The lowest BCUT2D eigenvalue weighted by molar-refractivity contribution is -0.124. The van der Waals surface area contributed by atoms with Crippen LogP contribution in [0, 0.1) is 5.92 Å². The number of nitrogens with one attached hydrogen (secondary N) is 1. The van der Waals surface area contributed by atoms with E-state index in [1.807, 2.05) is 45.9 Å². The maximum absolute atomic E-state index is 11.5. The van der Waals surface area contributed by atoms with Gasteiger partial charge in [0, 0.05) is 12.5 Å². The zero-order chi connectivity index (χ0) is 14.3. The quantitative estimate of drug-likeness (QED) is 0.879. The van der Waals surface area contributed by atoms with E-state index in [2.05, 4.69) is 29.6 Å². The summed E-state index contributed by atoms with van der Waals surface area (Å²) in [5.41, 5.74) is 1.16. The van der Waals surface area contributed by atoms with Gasteiger partial charge in [0.2, 0.25) is 5.91 Å². The van der Waals surface area contributed by atoms with Gasteiger partial charge in [-0.2, -0.15) is 0 Å². The summed E-state index contributed by atoms with van der Waals surface area (Å²) in [6, 6.07) is 14.4. The van der Waals surface area contributed by atoms with Crippen molar-refractivity contribution in [1.29, 1.82) is 0 Å². The molecule has 0 spiro atoms. The van der Waals surface area contributed by atoms with Crippen molar-refractivity contribution in [3.05, 3.63) is 48.0 Å². The molecular formula is C17H23NO. The highest BCUT2D eigenvalue weighted by Crippen LogP contribution is 2.18. The fourth-order valence-corrected chi connectivity index (χ4v) is 1.83. The van der Waals surface area contributed by atoms with Gasteiger partial charge in [0.25, 0.3) is 0 Å². The molecule has 2 nitrogen and oxygen atoms in total. The SMILES string of the molecule is CC.CC(C)C(=O)NCc1cccc2ccccc12. The Bertz CT molecular complexity index is 526. The summed E-state index contributed by atoms with van der Waals surface area (Å²) < 4.78 is 0. The topological polar surface area (TPSA) is 29.1 Å². The van der Waals surface area contributed by atoms with Crippen molar-refractivity contribution in [3.8, 4) is 0 Å². The van der Waals surface area contributed by atoms with Crippen LogP contribution < -0.4 is 5.32 Å². The summed E-state index contributed by atoms with van der Waals surface area (Å²) >= 11 is 0. The van der Waals surface area contributed by atoms with Crippen molar-refractivity contribution in [2.45, 2.75) is 34.2 Å². The Labute approximate surface area is 115 Å². The van der Waals surface area contributed by atoms with Crippen molar-refractivity contribution in [2.75, 3.05) is 0 Å². The minimum atomic E-state index is 0.0324. The van der Waals surface area contributed by atoms with Gasteiger partial charge >= 0.3 is 0 Å². The van der Waals surface area contributed by atoms with E-state index in [9.17, 15) is 4.79 Å². The second kappa shape index (κ2) is 7.57. The summed E-state index contributed by atoms with van der Waals surface area (Å²) in [7, 11) is 0. The molecule has 1 N–H and O–H groups in total. The Morgan fingerprint density at radius 1 is 1.05 bits per heavy atom. The van der Waals surface area contributed by atoms with Gasteiger partial charge in [-0.25, -0.2) is 0 Å². The smallest absolute Gasteiger partial charge is 0.222 e. The average molecular weight is 257 g/mol. The van der Waals surface area contributed by atoms with E-state index in [1.54, 1.807) is 0 Å². The number of hydrogen-bond acceptors (Lipinski definition) is 1. The van der Waals surface area contributed by atoms with Crippen LogP contribution in [0.2, 0.25) is 0 Å². The number of carbonyl (C=O) groups excluding carboxylic acids is 1. The third-order valence-corrected chi connectivity index (χ3v) is 2.86. The molecule has 0 aliphatic rings. The number of hydrogen-bond donors (Lipinski definition) is 1. The van der Waals surface area contributed by atoms with Gasteiger partial charge < -0.3 is 5.32 Å². The highest BCUT2D eigenvalue weighted by atomic mass is 16.1. The third kappa shape index (κ3) is 4.09. The number of rotatable bonds is 3. The molecule has 0 atom stereocenters. The number of amides is 1. The molecule has 2 aromatic rings. The van der Waals surface area contributed by atoms with Gasteiger partial charge in [-0.05, 0) is 16.3 Å². The molecule has 2 aromatic carbocycles. The normalized spacial score (nSPS) is 9.95. The fraction of sp³-hybridized carbons (Fsp3) is 0.353. The predicted molar refractivity (Wildman–Crippen MR) is 82.0 cm³/mol. The molecule has 0 heterocycles. The first kappa shape index (κ1) is 15.2. The molecule has 102 valence electrons. The van der Waals surface area contributed by atoms with Crippen LogP contribution in [-0.2, 0) is 11.3 Å². The Hall–Kier alpha value is -1.83. The standard InChI is InChI=1S/C15H17NO.C2H6/c1-11(2)15(17)16-10-13-8-5-7-12-6-3-4-9-14(12)13;1-2/h3-9,11H,10H2,1-2H3,(H,16,17);1-2H3. The molecule has 0 saturated heterocycles. The Kier molecular flexibility index (Phi) is 6.07. The molecular weight excluding hydrogens is 234 g/mol. The average Bonchev–Trinajstić information content (AvgIpc) is 2.46. The molecule has 0 bridgehead atoms. The van der Waals surface area contributed by atoms with Crippen LogP contribution in [-0.4, -0.2) is 5.91 Å². The summed E-state index contributed by atoms with van der Waals surface area (Å²) in [6.07, 6.45) is 0. The second-order valence-corrected chi connectivity index (χ2v) is 4.51. The van der Waals surface area contributed by atoms with E-state index in [1.165, 1.54) is 10.8 Å². The van der Waals surface area contributed by atoms with E-state index < -0.39 is 0 Å². The van der Waals surface area contributed by atoms with Gasteiger partial charge in [-0.3, -0.25) is 4.79 Å². The summed E-state index contributed by atoms with van der Waals surface area (Å²) in [5.74, 6) is 0.128. The van der Waals surface area contributed by atoms with Gasteiger partial charge in [-0.1, -0.05) is 70.2 Å². The summed E-state index contributed by atoms with van der Waals surface area (Å²) in [4.78, 5) is 11.5. The lowest BCUT2D eigenvalue weighted by Crippen LogP contribution is -2.27. The maximum atomic E-state index is 11.5. The minimum absolute atomic E-state index is 0.0324. The van der Waals surface area contributed by atoms with Crippen LogP contribution in [0.5, 0.6) is 0 Å². The van der Waals surface area contributed by atoms with Gasteiger partial charge in [-0.15, -0.1) is 0 Å². The first-order valence-electron chi connectivity index (χ1n) is 6.93. The zero-order valence-electron chi connectivity index (χ0n) is 12.2. The van der Waals surface area contributed by atoms with E-state index >= 15 is 0 Å². The van der Waals surface area contributed by atoms with Crippen molar-refractivity contribution in [3.63, 3.8) is 0 Å². The van der Waals surface area contributed by atoms with Crippen LogP contribution in [0.15, 0.2) is 42.5 Å². The molecule has 0 fully saturated rings. The second-order valence-electron chi connectivity index (χ2n) is 4.51. The molecule has 0 radical (unpaired) electrons. The van der Waals surface area contributed by atoms with Crippen LogP contribution in [0.3, 0.4) is 0 Å². The van der Waals surface area contributed by atoms with Crippen LogP contribution in [0.4, 0.5) is 0 Å². The highest BCUT2D eigenvalue weighted by molar-refractivity contribution is 5.86. The van der Waals surface area contributed by atoms with E-state index in [0.717, 1.165) is 5.56 Å². The lowest BCUT2D eigenvalue weighted by Gasteiger charge is -2.10. The Balaban J connectivity index is 0.000000861. The number of carbonyl (C=O) groups is 1. The Morgan fingerprint density at radius 3 is 2.37 bits per heavy atom. The molecule has 0 aromatic heterocycles. The molecule has 19 heavy (non-hydrogen) atoms. The summed E-state index contributed by atoms with van der Waals surface area (Å²) in [5, 5.41) is 5.37. The molecule has 0 unspecified atom stereocenters. The van der Waals surface area contributed by atoms with Crippen molar-refractivity contribution in [1.82, 2.24) is 5.32 Å². The van der Waals surface area contributed by atoms with Crippen molar-refractivity contribution in [2.24, 2.45) is 5.92 Å². The third-order valence-electron chi connectivity index (χ3n) is 2.86. The predicted octanol–water partition coefficient (Wildman–Crippen LogP) is 4.14. The molecule has 0 saturated carbocycles. The fourth-order valence-electron chi connectivity index (χ4n) is 1.83. The van der Waals surface area contributed by atoms with Crippen molar-refractivity contribution >= 4 is 16.7 Å².